The molecule has 2 aromatic heterocycles. The minimum absolute atomic E-state index is 0.00883. The summed E-state index contributed by atoms with van der Waals surface area (Å²) in [6.07, 6.45) is -1.45. The quantitative estimate of drug-likeness (QED) is 0.0254. The molecule has 3 atom stereocenters. The molecule has 0 aliphatic carbocycles. The minimum Gasteiger partial charge on any atom is -0.508 e. The predicted octanol–water partition coefficient (Wildman–Crippen LogP) is 1.39. The van der Waals surface area contributed by atoms with Crippen molar-refractivity contribution in [2.24, 2.45) is 0 Å². The normalized spacial score (nSPS) is 15.4. The van der Waals surface area contributed by atoms with Gasteiger partial charge in [0.1, 0.15) is 41.1 Å². The molecular formula is C74H100N18O18. The predicted molar refractivity (Wildman–Crippen MR) is 400 cm³/mol. The number of carboxylic acids is 4. The Hall–Kier alpha value is -11.2. The molecule has 8 rings (SSSR count). The fourth-order valence-corrected chi connectivity index (χ4v) is 13.0. The first-order valence-electron chi connectivity index (χ1n) is 36.6. The highest BCUT2D eigenvalue weighted by Crippen LogP contribution is 2.40. The molecular weight excluding hydrogens is 1430 g/mol. The SMILES string of the molecule is CCNC(=O)c1nnc(-c2cc(C(C)C)c(O)cc2O)n1-c1ccc(CNCCNC(=O)[C@H](C)NC(=O)[C@H](CC(=O)N2CCN(Cc3ccc(-n4c(C(=O)NCC)nnc4-c4cc(C(C)C)c(O)cc4O)cc3)CC2)NC(=O)CC[C@H](C(=O)O)N2CCN(CC(=O)O)CCN(CC(=O)O)CCN(CC(=O)O)CC2)cc1. The highest BCUT2D eigenvalue weighted by atomic mass is 16.4. The van der Waals surface area contributed by atoms with Crippen LogP contribution in [0.4, 0.5) is 0 Å². The van der Waals surface area contributed by atoms with Crippen LogP contribution in [0.15, 0.2) is 72.8 Å². The minimum atomic E-state index is -1.58. The Bertz CT molecular complexity index is 4200. The number of amides is 6. The van der Waals surface area contributed by atoms with Gasteiger partial charge in [0.2, 0.25) is 35.3 Å². The lowest BCUT2D eigenvalue weighted by molar-refractivity contribution is -0.145. The zero-order valence-corrected chi connectivity index (χ0v) is 62.8. The molecule has 0 saturated carbocycles. The van der Waals surface area contributed by atoms with E-state index in [1.54, 1.807) is 67.3 Å². The van der Waals surface area contributed by atoms with Crippen LogP contribution < -0.4 is 31.9 Å². The molecule has 2 aliphatic rings. The second-order valence-electron chi connectivity index (χ2n) is 27.7. The van der Waals surface area contributed by atoms with E-state index < -0.39 is 110 Å². The Morgan fingerprint density at radius 3 is 1.35 bits per heavy atom. The summed E-state index contributed by atoms with van der Waals surface area (Å²) in [5.41, 5.74) is 4.25. The van der Waals surface area contributed by atoms with Crippen LogP contribution in [0, 0.1) is 0 Å². The average Bonchev–Trinajstić information content (AvgIpc) is 1.62. The maximum Gasteiger partial charge on any atom is 0.320 e. The van der Waals surface area contributed by atoms with Crippen LogP contribution in [0.25, 0.3) is 34.2 Å². The van der Waals surface area contributed by atoms with E-state index in [-0.39, 0.29) is 154 Å². The summed E-state index contributed by atoms with van der Waals surface area (Å²) in [7, 11) is 0. The molecule has 0 radical (unpaired) electrons. The summed E-state index contributed by atoms with van der Waals surface area (Å²) >= 11 is 0. The third-order valence-corrected chi connectivity index (χ3v) is 19.0. The number of aromatic nitrogens is 6. The van der Waals surface area contributed by atoms with E-state index in [1.807, 2.05) is 39.8 Å². The van der Waals surface area contributed by atoms with Gasteiger partial charge in [-0.2, -0.15) is 0 Å². The number of rotatable bonds is 34. The zero-order valence-electron chi connectivity index (χ0n) is 62.8. The Balaban J connectivity index is 0.932. The van der Waals surface area contributed by atoms with Gasteiger partial charge in [-0.3, -0.25) is 81.6 Å². The van der Waals surface area contributed by atoms with E-state index in [2.05, 4.69) is 57.2 Å². The first kappa shape index (κ1) is 84.4. The van der Waals surface area contributed by atoms with Crippen molar-refractivity contribution in [1.82, 2.24) is 90.8 Å². The third-order valence-electron chi connectivity index (χ3n) is 19.0. The van der Waals surface area contributed by atoms with Gasteiger partial charge in [-0.25, -0.2) is 0 Å². The lowest BCUT2D eigenvalue weighted by atomic mass is 9.98. The van der Waals surface area contributed by atoms with Crippen LogP contribution in [0.3, 0.4) is 0 Å². The number of hydrogen-bond donors (Lipinski definition) is 14. The van der Waals surface area contributed by atoms with Crippen molar-refractivity contribution >= 4 is 59.3 Å². The number of aromatic hydroxyl groups is 4. The van der Waals surface area contributed by atoms with E-state index in [0.717, 1.165) is 11.1 Å². The number of hydrogen-bond acceptors (Lipinski definition) is 24. The van der Waals surface area contributed by atoms with Crippen LogP contribution in [-0.2, 0) is 51.4 Å². The molecule has 4 heterocycles. The summed E-state index contributed by atoms with van der Waals surface area (Å²) in [4.78, 5) is 142. The molecule has 2 aliphatic heterocycles. The van der Waals surface area contributed by atoms with Gasteiger partial charge in [-0.1, -0.05) is 52.0 Å². The van der Waals surface area contributed by atoms with Crippen LogP contribution in [0.1, 0.15) is 123 Å². The van der Waals surface area contributed by atoms with E-state index in [9.17, 15) is 88.8 Å². The maximum absolute atomic E-state index is 14.4. The van der Waals surface area contributed by atoms with E-state index in [4.69, 9.17) is 0 Å². The molecule has 36 nitrogen and oxygen atoms in total. The molecule has 4 aromatic carbocycles. The van der Waals surface area contributed by atoms with Gasteiger partial charge in [0.25, 0.3) is 11.8 Å². The number of carboxylic acid groups (broad SMARTS) is 4. The van der Waals surface area contributed by atoms with Crippen LogP contribution in [0.2, 0.25) is 0 Å². The molecule has 0 unspecified atom stereocenters. The molecule has 2 saturated heterocycles. The fraction of sp³-hybridized carbons (Fsp3) is 0.486. The number of piperazine rings is 1. The van der Waals surface area contributed by atoms with Crippen molar-refractivity contribution in [2.45, 2.75) is 111 Å². The highest BCUT2D eigenvalue weighted by molar-refractivity contribution is 5.96. The molecule has 14 N–H and O–H groups in total. The van der Waals surface area contributed by atoms with Gasteiger partial charge in [-0.15, -0.1) is 20.4 Å². The van der Waals surface area contributed by atoms with Gasteiger partial charge in [0, 0.05) is 148 Å². The molecule has 36 heteroatoms. The molecule has 2 fully saturated rings. The first-order chi connectivity index (χ1) is 52.4. The number of carbonyl (C=O) groups is 10. The summed E-state index contributed by atoms with van der Waals surface area (Å²) in [5, 5.41) is 117. The first-order valence-corrected chi connectivity index (χ1v) is 36.6. The highest BCUT2D eigenvalue weighted by Gasteiger charge is 2.34. The van der Waals surface area contributed by atoms with E-state index >= 15 is 0 Å². The number of phenolic OH excluding ortho intramolecular Hbond substituents is 4. The number of benzene rings is 4. The molecule has 0 spiro atoms. The van der Waals surface area contributed by atoms with Crippen molar-refractivity contribution in [3.63, 3.8) is 0 Å². The lowest BCUT2D eigenvalue weighted by Crippen LogP contribution is -2.55. The van der Waals surface area contributed by atoms with Crippen molar-refractivity contribution in [3.8, 4) is 57.1 Å². The van der Waals surface area contributed by atoms with Crippen molar-refractivity contribution < 1.29 is 88.8 Å². The number of carbonyl (C=O) groups excluding carboxylic acids is 6. The Morgan fingerprint density at radius 2 is 0.918 bits per heavy atom. The monoisotopic (exact) mass is 1530 g/mol. The molecule has 0 bridgehead atoms. The number of aliphatic carboxylic acids is 4. The van der Waals surface area contributed by atoms with Crippen molar-refractivity contribution in [2.75, 3.05) is 124 Å². The summed E-state index contributed by atoms with van der Waals surface area (Å²) in [6.45, 7) is 14.2. The summed E-state index contributed by atoms with van der Waals surface area (Å²) in [5.74, 6) is -9.48. The summed E-state index contributed by atoms with van der Waals surface area (Å²) in [6, 6.07) is 15.8. The van der Waals surface area contributed by atoms with E-state index in [1.165, 1.54) is 47.8 Å². The van der Waals surface area contributed by atoms with Gasteiger partial charge in [-0.05, 0) is 97.7 Å². The van der Waals surface area contributed by atoms with Crippen molar-refractivity contribution in [3.05, 3.63) is 107 Å². The smallest absolute Gasteiger partial charge is 0.320 e. The van der Waals surface area contributed by atoms with E-state index in [0.29, 0.717) is 61.8 Å². The average molecular weight is 1530 g/mol. The standard InChI is InChI=1S/C74H100N18O18/c1-8-76-72(107)68-83-81-66(53-34-51(44(3)4)57(93)37-59(53)95)91(68)49-14-10-47(11-15-49)39-75-20-21-78-70(105)46(7)79-71(106)55(80-61(97)19-18-56(74(109)110)89-30-26-87(42-64(101)102)24-22-86(41-63(99)100)23-25-88(27-31-89)43-65(103)104)36-62(98)90-32-28-85(29-33-90)40-48-12-16-50(17-13-48)92-67(82-84-69(92)73(108)77-9-2)54-35-52(45(5)6)58(94)38-60(54)96/h10-17,34-35,37-38,44-46,55-56,75,93-96H,8-9,18-33,36,39-43H2,1-7H3,(H,76,107)(H,77,108)(H,78,105)(H,79,106)(H,80,97)(H,99,100)(H,101,102)(H,103,104)(H,109,110)/t46-,55-,56+/m0/s1. The molecule has 6 aromatic rings. The molecule has 6 amide bonds. The molecule has 110 heavy (non-hydrogen) atoms. The van der Waals surface area contributed by atoms with Gasteiger partial charge in [0.05, 0.1) is 37.2 Å². The third kappa shape index (κ3) is 23.2. The zero-order chi connectivity index (χ0) is 80.0. The number of nitrogens with zero attached hydrogens (tertiary/aromatic N) is 12. The number of nitrogens with one attached hydrogen (secondary N) is 6. The van der Waals surface area contributed by atoms with Gasteiger partial charge < -0.3 is 77.7 Å². The fourth-order valence-electron chi connectivity index (χ4n) is 13.0. The van der Waals surface area contributed by atoms with Gasteiger partial charge in [0.15, 0.2) is 11.6 Å². The Morgan fingerprint density at radius 1 is 0.482 bits per heavy atom. The maximum atomic E-state index is 14.4. The van der Waals surface area contributed by atoms with Gasteiger partial charge >= 0.3 is 23.9 Å². The second-order valence-corrected chi connectivity index (χ2v) is 27.7. The second kappa shape index (κ2) is 39.8. The van der Waals surface area contributed by atoms with Crippen LogP contribution in [0.5, 0.6) is 23.0 Å². The Labute approximate surface area is 635 Å². The van der Waals surface area contributed by atoms with Crippen molar-refractivity contribution in [1.29, 1.82) is 0 Å². The van der Waals surface area contributed by atoms with Crippen LogP contribution >= 0.6 is 0 Å². The largest absolute Gasteiger partial charge is 0.508 e. The molecule has 594 valence electrons. The number of phenols is 4. The topological polar surface area (TPSA) is 486 Å². The lowest BCUT2D eigenvalue weighted by Gasteiger charge is -2.35. The summed E-state index contributed by atoms with van der Waals surface area (Å²) < 4.78 is 3.03. The Kier molecular flexibility index (Phi) is 30.5. The van der Waals surface area contributed by atoms with Crippen LogP contribution in [-0.4, -0.2) is 302 Å².